The van der Waals surface area contributed by atoms with Gasteiger partial charge in [0.25, 0.3) is 6.43 Å². The number of alkyl halides is 2. The van der Waals surface area contributed by atoms with Crippen LogP contribution < -0.4 is 5.32 Å². The Morgan fingerprint density at radius 3 is 2.47 bits per heavy atom. The van der Waals surface area contributed by atoms with E-state index in [0.29, 0.717) is 12.0 Å². The zero-order chi connectivity index (χ0) is 11.4. The molecule has 1 fully saturated rings. The van der Waals surface area contributed by atoms with E-state index in [2.05, 4.69) is 19.2 Å². The van der Waals surface area contributed by atoms with Crippen LogP contribution in [0.2, 0.25) is 0 Å². The van der Waals surface area contributed by atoms with E-state index in [9.17, 15) is 8.78 Å². The van der Waals surface area contributed by atoms with E-state index >= 15 is 0 Å². The molecule has 0 aromatic rings. The average molecular weight is 221 g/mol. The SMILES string of the molecule is CC1CCC(NCC(O)C(F)F)CC1C. The topological polar surface area (TPSA) is 32.3 Å². The molecular formula is C11H21F2NO. The molecule has 0 aromatic heterocycles. The molecule has 0 spiro atoms. The summed E-state index contributed by atoms with van der Waals surface area (Å²) < 4.78 is 24.1. The van der Waals surface area contributed by atoms with E-state index in [4.69, 9.17) is 5.11 Å². The minimum Gasteiger partial charge on any atom is -0.386 e. The first kappa shape index (κ1) is 12.8. The van der Waals surface area contributed by atoms with Crippen molar-refractivity contribution in [2.45, 2.75) is 51.7 Å². The van der Waals surface area contributed by atoms with Gasteiger partial charge in [0.05, 0.1) is 0 Å². The molecule has 0 bridgehead atoms. The minimum absolute atomic E-state index is 0.00341. The molecule has 1 rings (SSSR count). The van der Waals surface area contributed by atoms with E-state index in [1.807, 2.05) is 0 Å². The fraction of sp³-hybridized carbons (Fsp3) is 1.00. The van der Waals surface area contributed by atoms with Gasteiger partial charge in [0, 0.05) is 12.6 Å². The number of halogens is 2. The maximum absolute atomic E-state index is 12.0. The summed E-state index contributed by atoms with van der Waals surface area (Å²) in [6, 6.07) is 0.296. The Balaban J connectivity index is 2.22. The second-order valence-electron chi connectivity index (χ2n) is 4.77. The normalized spacial score (nSPS) is 34.4. The van der Waals surface area contributed by atoms with Crippen molar-refractivity contribution < 1.29 is 13.9 Å². The quantitative estimate of drug-likeness (QED) is 0.761. The number of aliphatic hydroxyl groups excluding tert-OH is 1. The summed E-state index contributed by atoms with van der Waals surface area (Å²) in [6.45, 7) is 4.43. The highest BCUT2D eigenvalue weighted by Gasteiger charge is 2.25. The minimum atomic E-state index is -2.64. The maximum atomic E-state index is 12.0. The monoisotopic (exact) mass is 221 g/mol. The van der Waals surface area contributed by atoms with Gasteiger partial charge in [-0.2, -0.15) is 0 Å². The Labute approximate surface area is 90.1 Å². The van der Waals surface area contributed by atoms with Crippen LogP contribution in [0.25, 0.3) is 0 Å². The number of nitrogens with one attached hydrogen (secondary N) is 1. The van der Waals surface area contributed by atoms with Crippen LogP contribution in [0.4, 0.5) is 8.78 Å². The molecule has 0 amide bonds. The van der Waals surface area contributed by atoms with Crippen molar-refractivity contribution in [3.63, 3.8) is 0 Å². The first-order valence-corrected chi connectivity index (χ1v) is 5.70. The van der Waals surface area contributed by atoms with Gasteiger partial charge in [-0.15, -0.1) is 0 Å². The summed E-state index contributed by atoms with van der Waals surface area (Å²) in [6.07, 6.45) is -0.973. The van der Waals surface area contributed by atoms with Gasteiger partial charge in [0.15, 0.2) is 0 Å². The van der Waals surface area contributed by atoms with E-state index in [0.717, 1.165) is 25.2 Å². The van der Waals surface area contributed by atoms with Gasteiger partial charge in [0.1, 0.15) is 6.10 Å². The largest absolute Gasteiger partial charge is 0.386 e. The van der Waals surface area contributed by atoms with Crippen LogP contribution in [-0.2, 0) is 0 Å². The first-order chi connectivity index (χ1) is 7.00. The van der Waals surface area contributed by atoms with Crippen molar-refractivity contribution in [2.75, 3.05) is 6.54 Å². The molecule has 0 aromatic carbocycles. The highest BCUT2D eigenvalue weighted by Crippen LogP contribution is 2.29. The van der Waals surface area contributed by atoms with Crippen LogP contribution >= 0.6 is 0 Å². The lowest BCUT2D eigenvalue weighted by molar-refractivity contribution is -0.00587. The van der Waals surface area contributed by atoms with Gasteiger partial charge in [-0.05, 0) is 31.1 Å². The van der Waals surface area contributed by atoms with E-state index in [-0.39, 0.29) is 6.54 Å². The molecule has 0 radical (unpaired) electrons. The van der Waals surface area contributed by atoms with Gasteiger partial charge < -0.3 is 10.4 Å². The van der Waals surface area contributed by atoms with Gasteiger partial charge >= 0.3 is 0 Å². The second kappa shape index (κ2) is 5.75. The molecule has 4 atom stereocenters. The summed E-state index contributed by atoms with van der Waals surface area (Å²) in [4.78, 5) is 0. The molecule has 0 heterocycles. The van der Waals surface area contributed by atoms with Crippen molar-refractivity contribution in [3.8, 4) is 0 Å². The lowest BCUT2D eigenvalue weighted by atomic mass is 9.79. The Hall–Kier alpha value is -0.220. The zero-order valence-corrected chi connectivity index (χ0v) is 9.42. The molecule has 1 aliphatic rings. The van der Waals surface area contributed by atoms with E-state index < -0.39 is 12.5 Å². The third-order valence-electron chi connectivity index (χ3n) is 3.50. The van der Waals surface area contributed by atoms with Gasteiger partial charge in [-0.1, -0.05) is 13.8 Å². The summed E-state index contributed by atoms with van der Waals surface area (Å²) in [7, 11) is 0. The lowest BCUT2D eigenvalue weighted by Crippen LogP contribution is -2.41. The third-order valence-corrected chi connectivity index (χ3v) is 3.50. The molecule has 2 N–H and O–H groups in total. The van der Waals surface area contributed by atoms with Crippen LogP contribution in [0.15, 0.2) is 0 Å². The molecule has 0 saturated heterocycles. The van der Waals surface area contributed by atoms with Crippen molar-refractivity contribution in [2.24, 2.45) is 11.8 Å². The van der Waals surface area contributed by atoms with Crippen molar-refractivity contribution in [1.29, 1.82) is 0 Å². The molecule has 90 valence electrons. The molecule has 2 nitrogen and oxygen atoms in total. The molecule has 0 aliphatic heterocycles. The van der Waals surface area contributed by atoms with Crippen LogP contribution in [0, 0.1) is 11.8 Å². The van der Waals surface area contributed by atoms with Crippen LogP contribution in [0.5, 0.6) is 0 Å². The number of hydrogen-bond donors (Lipinski definition) is 2. The molecule has 15 heavy (non-hydrogen) atoms. The Kier molecular flexibility index (Phi) is 4.93. The Morgan fingerprint density at radius 1 is 1.27 bits per heavy atom. The fourth-order valence-electron chi connectivity index (χ4n) is 2.11. The number of hydrogen-bond acceptors (Lipinski definition) is 2. The molecule has 4 heteroatoms. The predicted octanol–water partition coefficient (Wildman–Crippen LogP) is 2.03. The standard InChI is InChI=1S/C11H21F2NO/c1-7-3-4-9(5-8(7)2)14-6-10(15)11(12)13/h7-11,14-15H,3-6H2,1-2H3. The summed E-state index contributed by atoms with van der Waals surface area (Å²) >= 11 is 0. The third kappa shape index (κ3) is 4.03. The number of rotatable bonds is 4. The van der Waals surface area contributed by atoms with Crippen LogP contribution in [0.3, 0.4) is 0 Å². The Morgan fingerprint density at radius 2 is 1.93 bits per heavy atom. The van der Waals surface area contributed by atoms with Crippen molar-refractivity contribution in [1.82, 2.24) is 5.32 Å². The van der Waals surface area contributed by atoms with Crippen LogP contribution in [-0.4, -0.2) is 30.2 Å². The molecule has 4 unspecified atom stereocenters. The smallest absolute Gasteiger partial charge is 0.265 e. The average Bonchev–Trinajstić information content (AvgIpc) is 2.19. The number of aliphatic hydroxyl groups is 1. The summed E-state index contributed by atoms with van der Waals surface area (Å²) in [5.74, 6) is 1.36. The fourth-order valence-corrected chi connectivity index (χ4v) is 2.11. The van der Waals surface area contributed by atoms with Crippen LogP contribution in [0.1, 0.15) is 33.1 Å². The zero-order valence-electron chi connectivity index (χ0n) is 9.42. The van der Waals surface area contributed by atoms with Gasteiger partial charge in [-0.25, -0.2) is 8.78 Å². The highest BCUT2D eigenvalue weighted by atomic mass is 19.3. The van der Waals surface area contributed by atoms with E-state index in [1.54, 1.807) is 0 Å². The van der Waals surface area contributed by atoms with Crippen molar-refractivity contribution in [3.05, 3.63) is 0 Å². The predicted molar refractivity (Wildman–Crippen MR) is 56.0 cm³/mol. The van der Waals surface area contributed by atoms with Gasteiger partial charge in [0.2, 0.25) is 0 Å². The summed E-state index contributed by atoms with van der Waals surface area (Å²) in [5, 5.41) is 12.0. The highest BCUT2D eigenvalue weighted by molar-refractivity contribution is 4.80. The Bertz CT molecular complexity index is 189. The second-order valence-corrected chi connectivity index (χ2v) is 4.77. The first-order valence-electron chi connectivity index (χ1n) is 5.70. The lowest BCUT2D eigenvalue weighted by Gasteiger charge is -2.33. The van der Waals surface area contributed by atoms with E-state index in [1.165, 1.54) is 0 Å². The summed E-state index contributed by atoms with van der Waals surface area (Å²) in [5.41, 5.74) is 0. The molecule has 1 saturated carbocycles. The van der Waals surface area contributed by atoms with Crippen molar-refractivity contribution >= 4 is 0 Å². The maximum Gasteiger partial charge on any atom is 0.265 e. The molecular weight excluding hydrogens is 200 g/mol. The van der Waals surface area contributed by atoms with Gasteiger partial charge in [-0.3, -0.25) is 0 Å². The molecule has 1 aliphatic carbocycles.